The highest BCUT2D eigenvalue weighted by atomic mass is 35.5. The van der Waals surface area contributed by atoms with E-state index in [0.717, 1.165) is 49.4 Å². The maximum atomic E-state index is 14.0. The van der Waals surface area contributed by atoms with E-state index in [1.165, 1.54) is 24.3 Å². The van der Waals surface area contributed by atoms with Crippen molar-refractivity contribution in [2.24, 2.45) is 0 Å². The Kier molecular flexibility index (Phi) is 8.32. The predicted octanol–water partition coefficient (Wildman–Crippen LogP) is 4.86. The van der Waals surface area contributed by atoms with E-state index < -0.39 is 20.0 Å². The van der Waals surface area contributed by atoms with Crippen LogP contribution >= 0.6 is 11.8 Å². The van der Waals surface area contributed by atoms with Crippen LogP contribution in [0, 0.1) is 0 Å². The van der Waals surface area contributed by atoms with Crippen LogP contribution in [0.4, 0.5) is 22.7 Å². The summed E-state index contributed by atoms with van der Waals surface area (Å²) in [5.74, 6) is 0. The van der Waals surface area contributed by atoms with Crippen LogP contribution in [-0.2, 0) is 20.0 Å². The highest BCUT2D eigenvalue weighted by Gasteiger charge is 2.30. The number of halogens is 1. The smallest absolute Gasteiger partial charge is 0.278 e. The Morgan fingerprint density at radius 2 is 1.54 bits per heavy atom. The molecule has 0 unspecified atom stereocenters. The fourth-order valence-corrected chi connectivity index (χ4v) is 7.71. The molecule has 0 bridgehead atoms. The average molecular weight is 614 g/mol. The molecule has 0 amide bonds. The molecule has 9 nitrogen and oxygen atoms in total. The lowest BCUT2D eigenvalue weighted by atomic mass is 10.1. The van der Waals surface area contributed by atoms with Gasteiger partial charge >= 0.3 is 0 Å². The number of fused-ring (bicyclic) bond motifs is 1. The average Bonchev–Trinajstić information content (AvgIpc) is 3.26. The van der Waals surface area contributed by atoms with E-state index in [1.54, 1.807) is 48.5 Å². The van der Waals surface area contributed by atoms with E-state index in [2.05, 4.69) is 14.9 Å². The lowest BCUT2D eigenvalue weighted by Crippen LogP contribution is -2.28. The SMILES string of the molecule is CN(C)c1cccc2c(S(=O)(=O)N(Cl)c3ccc(N4CCCNCC4)cc3NS(=O)(=O)c3ccccc3)cccc12. The normalized spacial score (nSPS) is 14.5. The third-order valence-electron chi connectivity index (χ3n) is 7.00. The monoisotopic (exact) mass is 613 g/mol. The van der Waals surface area contributed by atoms with Gasteiger partial charge in [0.1, 0.15) is 0 Å². The van der Waals surface area contributed by atoms with Gasteiger partial charge in [-0.1, -0.05) is 42.5 Å². The second-order valence-electron chi connectivity index (χ2n) is 9.95. The molecule has 1 aliphatic rings. The molecule has 4 aromatic rings. The maximum Gasteiger partial charge on any atom is 0.278 e. The van der Waals surface area contributed by atoms with Gasteiger partial charge in [-0.05, 0) is 55.4 Å². The van der Waals surface area contributed by atoms with Gasteiger partial charge in [0.15, 0.2) is 0 Å². The van der Waals surface area contributed by atoms with E-state index in [0.29, 0.717) is 9.21 Å². The maximum absolute atomic E-state index is 14.0. The summed E-state index contributed by atoms with van der Waals surface area (Å²) in [6.07, 6.45) is 0.916. The van der Waals surface area contributed by atoms with Crippen molar-refractivity contribution < 1.29 is 16.8 Å². The minimum Gasteiger partial charge on any atom is -0.377 e. The Bertz CT molecular complexity index is 1760. The predicted molar refractivity (Wildman–Crippen MR) is 167 cm³/mol. The summed E-state index contributed by atoms with van der Waals surface area (Å²) in [4.78, 5) is 4.09. The van der Waals surface area contributed by atoms with Gasteiger partial charge in [0.25, 0.3) is 20.0 Å². The van der Waals surface area contributed by atoms with Crippen LogP contribution in [-0.4, -0.2) is 57.1 Å². The Hall–Kier alpha value is -3.51. The Balaban J connectivity index is 1.61. The Morgan fingerprint density at radius 3 is 2.29 bits per heavy atom. The largest absolute Gasteiger partial charge is 0.377 e. The zero-order valence-corrected chi connectivity index (χ0v) is 25.2. The van der Waals surface area contributed by atoms with Crippen LogP contribution in [0.25, 0.3) is 10.8 Å². The molecule has 41 heavy (non-hydrogen) atoms. The third kappa shape index (κ3) is 5.94. The highest BCUT2D eigenvalue weighted by molar-refractivity contribution is 7.94. The van der Waals surface area contributed by atoms with Crippen molar-refractivity contribution in [2.45, 2.75) is 16.2 Å². The molecule has 5 rings (SSSR count). The summed E-state index contributed by atoms with van der Waals surface area (Å²) in [6, 6.07) is 23.3. The van der Waals surface area contributed by atoms with Gasteiger partial charge in [0.2, 0.25) is 0 Å². The van der Waals surface area contributed by atoms with Gasteiger partial charge in [-0.25, -0.2) is 8.42 Å². The fraction of sp³-hybridized carbons (Fsp3) is 0.241. The summed E-state index contributed by atoms with van der Waals surface area (Å²) in [6.45, 7) is 3.15. The Labute approximate surface area is 246 Å². The Morgan fingerprint density at radius 1 is 0.805 bits per heavy atom. The van der Waals surface area contributed by atoms with Crippen LogP contribution < -0.4 is 23.7 Å². The second kappa shape index (κ2) is 11.8. The summed E-state index contributed by atoms with van der Waals surface area (Å²) in [7, 11) is -4.60. The van der Waals surface area contributed by atoms with E-state index in [1.807, 2.05) is 31.1 Å². The lowest BCUT2D eigenvalue weighted by Gasteiger charge is -2.26. The standard InChI is InChI=1S/C29H32ClN5O4S2/c1-33(2)27-13-6-12-25-24(27)11-7-14-29(25)41(38,39)35(30)28-16-15-22(34-19-8-17-31-18-20-34)21-26(28)32-40(36,37)23-9-4-3-5-10-23/h3-7,9-16,21,31-32H,8,17-20H2,1-2H3. The molecule has 0 radical (unpaired) electrons. The number of sulfonamides is 2. The first-order chi connectivity index (χ1) is 19.6. The summed E-state index contributed by atoms with van der Waals surface area (Å²) in [5.41, 5.74) is 1.65. The van der Waals surface area contributed by atoms with Crippen molar-refractivity contribution >= 4 is 65.3 Å². The van der Waals surface area contributed by atoms with Crippen LogP contribution in [0.15, 0.2) is 94.7 Å². The van der Waals surface area contributed by atoms with Crippen LogP contribution in [0.1, 0.15) is 6.42 Å². The van der Waals surface area contributed by atoms with Crippen LogP contribution in [0.3, 0.4) is 0 Å². The fourth-order valence-electron chi connectivity index (χ4n) is 4.96. The minimum absolute atomic E-state index is 0.00763. The summed E-state index contributed by atoms with van der Waals surface area (Å²) >= 11 is 6.66. The molecule has 0 aliphatic carbocycles. The third-order valence-corrected chi connectivity index (χ3v) is 10.6. The number of hydrogen-bond donors (Lipinski definition) is 2. The minimum atomic E-state index is -4.33. The molecule has 4 aromatic carbocycles. The van der Waals surface area contributed by atoms with Gasteiger partial charge in [-0.2, -0.15) is 12.2 Å². The molecule has 2 N–H and O–H groups in total. The summed E-state index contributed by atoms with van der Waals surface area (Å²) < 4.78 is 58.0. The molecule has 1 heterocycles. The van der Waals surface area contributed by atoms with Gasteiger partial charge in [0.05, 0.1) is 21.2 Å². The number of benzene rings is 4. The molecule has 0 saturated carbocycles. The van der Waals surface area contributed by atoms with Gasteiger partial charge in [-0.15, -0.1) is 0 Å². The van der Waals surface area contributed by atoms with E-state index in [4.69, 9.17) is 11.8 Å². The molecule has 0 aromatic heterocycles. The molecular formula is C29H32ClN5O4S2. The quantitative estimate of drug-likeness (QED) is 0.274. The van der Waals surface area contributed by atoms with Gasteiger partial charge in [-0.3, -0.25) is 4.72 Å². The molecule has 0 atom stereocenters. The first-order valence-corrected chi connectivity index (χ1v) is 16.4. The van der Waals surface area contributed by atoms with Gasteiger partial charge < -0.3 is 15.1 Å². The number of rotatable bonds is 8. The van der Waals surface area contributed by atoms with Crippen molar-refractivity contribution in [3.05, 3.63) is 84.9 Å². The van der Waals surface area contributed by atoms with Crippen molar-refractivity contribution in [3.63, 3.8) is 0 Å². The zero-order chi connectivity index (χ0) is 29.2. The van der Waals surface area contributed by atoms with Crippen molar-refractivity contribution in [1.29, 1.82) is 0 Å². The first-order valence-electron chi connectivity index (χ1n) is 13.2. The van der Waals surface area contributed by atoms with E-state index in [9.17, 15) is 16.8 Å². The molecule has 0 spiro atoms. The van der Waals surface area contributed by atoms with E-state index in [-0.39, 0.29) is 21.2 Å². The van der Waals surface area contributed by atoms with Crippen LogP contribution in [0.2, 0.25) is 0 Å². The molecule has 12 heteroatoms. The molecule has 216 valence electrons. The highest BCUT2D eigenvalue weighted by Crippen LogP contribution is 2.39. The topological polar surface area (TPSA) is 102 Å². The van der Waals surface area contributed by atoms with Crippen molar-refractivity contribution in [2.75, 3.05) is 58.6 Å². The zero-order valence-electron chi connectivity index (χ0n) is 22.8. The second-order valence-corrected chi connectivity index (χ2v) is 13.9. The van der Waals surface area contributed by atoms with Gasteiger partial charge in [0, 0.05) is 67.7 Å². The number of nitrogens with zero attached hydrogens (tertiary/aromatic N) is 3. The summed E-state index contributed by atoms with van der Waals surface area (Å²) in [5, 5.41) is 4.60. The number of anilines is 4. The molecular weight excluding hydrogens is 582 g/mol. The molecule has 1 aliphatic heterocycles. The van der Waals surface area contributed by atoms with Crippen molar-refractivity contribution in [3.8, 4) is 0 Å². The first kappa shape index (κ1) is 29.0. The lowest BCUT2D eigenvalue weighted by molar-refractivity contribution is 0.597. The number of hydrogen-bond acceptors (Lipinski definition) is 7. The molecule has 1 fully saturated rings. The number of nitrogens with one attached hydrogen (secondary N) is 2. The van der Waals surface area contributed by atoms with Crippen LogP contribution in [0.5, 0.6) is 0 Å². The van der Waals surface area contributed by atoms with E-state index >= 15 is 0 Å². The molecule has 1 saturated heterocycles. The van der Waals surface area contributed by atoms with Crippen molar-refractivity contribution in [1.82, 2.24) is 5.32 Å².